The number of aryl methyl sites for hydroxylation is 1. The molecule has 0 spiro atoms. The summed E-state index contributed by atoms with van der Waals surface area (Å²) in [6, 6.07) is 9.21. The minimum Gasteiger partial charge on any atom is -0.495 e. The zero-order valence-electron chi connectivity index (χ0n) is 15.3. The first-order valence-electron chi connectivity index (χ1n) is 8.49. The Kier molecular flexibility index (Phi) is 5.21. The van der Waals surface area contributed by atoms with E-state index in [-0.39, 0.29) is 23.9 Å². The molecule has 0 saturated carbocycles. The van der Waals surface area contributed by atoms with Crippen LogP contribution in [0.25, 0.3) is 0 Å². The Balaban J connectivity index is 1.91. The lowest BCUT2D eigenvalue weighted by atomic mass is 10.1. The van der Waals surface area contributed by atoms with Crippen molar-refractivity contribution in [2.45, 2.75) is 24.8 Å². The molecular weight excluding hydrogens is 371 g/mol. The van der Waals surface area contributed by atoms with E-state index in [1.807, 2.05) is 19.1 Å². The van der Waals surface area contributed by atoms with Gasteiger partial charge in [0.25, 0.3) is 0 Å². The SMILES string of the molecule is COc1ccc(C)cc1N1CCN(S(=O)(=O)c2ccc(F)cc2)C(C)C1=O. The first kappa shape index (κ1) is 19.3. The zero-order valence-corrected chi connectivity index (χ0v) is 16.2. The summed E-state index contributed by atoms with van der Waals surface area (Å²) in [4.78, 5) is 14.5. The van der Waals surface area contributed by atoms with E-state index in [1.165, 1.54) is 19.2 Å². The lowest BCUT2D eigenvalue weighted by Gasteiger charge is -2.38. The van der Waals surface area contributed by atoms with Crippen LogP contribution in [0.5, 0.6) is 5.75 Å². The van der Waals surface area contributed by atoms with Gasteiger partial charge in [-0.1, -0.05) is 6.07 Å². The fraction of sp³-hybridized carbons (Fsp3) is 0.316. The third-order valence-electron chi connectivity index (χ3n) is 4.64. The zero-order chi connectivity index (χ0) is 19.8. The molecule has 0 aliphatic carbocycles. The number of hydrogen-bond donors (Lipinski definition) is 0. The highest BCUT2D eigenvalue weighted by Gasteiger charge is 2.40. The van der Waals surface area contributed by atoms with E-state index in [0.29, 0.717) is 11.4 Å². The predicted octanol–water partition coefficient (Wildman–Crippen LogP) is 2.57. The van der Waals surface area contributed by atoms with Crippen molar-refractivity contribution in [1.29, 1.82) is 0 Å². The van der Waals surface area contributed by atoms with Crippen molar-refractivity contribution >= 4 is 21.6 Å². The Morgan fingerprint density at radius 2 is 1.78 bits per heavy atom. The molecule has 1 heterocycles. The highest BCUT2D eigenvalue weighted by molar-refractivity contribution is 7.89. The van der Waals surface area contributed by atoms with Crippen molar-refractivity contribution in [3.05, 3.63) is 53.8 Å². The molecule has 8 heteroatoms. The molecule has 0 aromatic heterocycles. The number of sulfonamides is 1. The molecule has 3 rings (SSSR count). The molecule has 1 atom stereocenters. The van der Waals surface area contributed by atoms with Gasteiger partial charge in [-0.2, -0.15) is 4.31 Å². The van der Waals surface area contributed by atoms with Crippen LogP contribution in [0.15, 0.2) is 47.4 Å². The van der Waals surface area contributed by atoms with Gasteiger partial charge in [-0.3, -0.25) is 4.79 Å². The summed E-state index contributed by atoms with van der Waals surface area (Å²) in [7, 11) is -2.38. The molecule has 144 valence electrons. The van der Waals surface area contributed by atoms with Crippen molar-refractivity contribution < 1.29 is 22.3 Å². The fourth-order valence-electron chi connectivity index (χ4n) is 3.17. The molecule has 1 unspecified atom stereocenters. The molecule has 0 N–H and O–H groups in total. The van der Waals surface area contributed by atoms with Gasteiger partial charge in [-0.15, -0.1) is 0 Å². The van der Waals surface area contributed by atoms with Crippen LogP contribution in [-0.2, 0) is 14.8 Å². The molecular formula is C19H21FN2O4S. The van der Waals surface area contributed by atoms with Crippen molar-refractivity contribution in [2.75, 3.05) is 25.1 Å². The maximum absolute atomic E-state index is 13.1. The molecule has 1 fully saturated rings. The van der Waals surface area contributed by atoms with Crippen LogP contribution in [0.2, 0.25) is 0 Å². The Labute approximate surface area is 158 Å². The van der Waals surface area contributed by atoms with Crippen LogP contribution >= 0.6 is 0 Å². The van der Waals surface area contributed by atoms with E-state index in [4.69, 9.17) is 4.74 Å². The summed E-state index contributed by atoms with van der Waals surface area (Å²) < 4.78 is 45.4. The van der Waals surface area contributed by atoms with Crippen LogP contribution in [-0.4, -0.2) is 44.9 Å². The molecule has 0 radical (unpaired) electrons. The Bertz CT molecular complexity index is 960. The number of amides is 1. The predicted molar refractivity (Wildman–Crippen MR) is 99.8 cm³/mol. The number of anilines is 1. The van der Waals surface area contributed by atoms with Crippen LogP contribution in [0.4, 0.5) is 10.1 Å². The molecule has 2 aromatic rings. The van der Waals surface area contributed by atoms with E-state index in [2.05, 4.69) is 0 Å². The second-order valence-electron chi connectivity index (χ2n) is 6.41. The lowest BCUT2D eigenvalue weighted by Crippen LogP contribution is -2.57. The molecule has 1 aliphatic rings. The fourth-order valence-corrected chi connectivity index (χ4v) is 4.75. The van der Waals surface area contributed by atoms with E-state index in [9.17, 15) is 17.6 Å². The quantitative estimate of drug-likeness (QED) is 0.802. The van der Waals surface area contributed by atoms with Crippen LogP contribution < -0.4 is 9.64 Å². The Morgan fingerprint density at radius 3 is 2.41 bits per heavy atom. The van der Waals surface area contributed by atoms with Gasteiger partial charge in [-0.05, 0) is 55.8 Å². The normalized spacial score (nSPS) is 18.6. The van der Waals surface area contributed by atoms with Crippen LogP contribution in [0.3, 0.4) is 0 Å². The van der Waals surface area contributed by atoms with E-state index < -0.39 is 21.9 Å². The van der Waals surface area contributed by atoms with Gasteiger partial charge in [0, 0.05) is 13.1 Å². The average Bonchev–Trinajstić information content (AvgIpc) is 2.64. The molecule has 2 aromatic carbocycles. The highest BCUT2D eigenvalue weighted by atomic mass is 32.2. The summed E-state index contributed by atoms with van der Waals surface area (Å²) in [5, 5.41) is 0. The van der Waals surface area contributed by atoms with Gasteiger partial charge in [-0.25, -0.2) is 12.8 Å². The van der Waals surface area contributed by atoms with Gasteiger partial charge in [0.2, 0.25) is 15.9 Å². The minimum absolute atomic E-state index is 0.0369. The summed E-state index contributed by atoms with van der Waals surface area (Å²) in [5.41, 5.74) is 1.58. The highest BCUT2D eigenvalue weighted by Crippen LogP contribution is 2.32. The van der Waals surface area contributed by atoms with Gasteiger partial charge < -0.3 is 9.64 Å². The van der Waals surface area contributed by atoms with Gasteiger partial charge in [0.1, 0.15) is 17.6 Å². The molecule has 1 aliphatic heterocycles. The van der Waals surface area contributed by atoms with Gasteiger partial charge in [0.15, 0.2) is 0 Å². The minimum atomic E-state index is -3.90. The smallest absolute Gasteiger partial charge is 0.245 e. The van der Waals surface area contributed by atoms with E-state index in [0.717, 1.165) is 22.0 Å². The third kappa shape index (κ3) is 3.54. The molecule has 0 bridgehead atoms. The second kappa shape index (κ2) is 7.28. The van der Waals surface area contributed by atoms with E-state index in [1.54, 1.807) is 17.9 Å². The average molecular weight is 392 g/mol. The summed E-state index contributed by atoms with van der Waals surface area (Å²) in [6.45, 7) is 3.79. The summed E-state index contributed by atoms with van der Waals surface area (Å²) in [6.07, 6.45) is 0. The number of ether oxygens (including phenoxy) is 1. The number of benzene rings is 2. The molecule has 1 amide bonds. The largest absolute Gasteiger partial charge is 0.495 e. The lowest BCUT2D eigenvalue weighted by molar-refractivity contribution is -0.123. The van der Waals surface area contributed by atoms with Crippen molar-refractivity contribution in [3.8, 4) is 5.75 Å². The maximum atomic E-state index is 13.1. The number of piperazine rings is 1. The number of carbonyl (C=O) groups is 1. The standard InChI is InChI=1S/C19H21FN2O4S/c1-13-4-9-18(26-3)17(12-13)21-10-11-22(14(2)19(21)23)27(24,25)16-7-5-15(20)6-8-16/h4-9,12,14H,10-11H2,1-3H3. The number of carbonyl (C=O) groups excluding carboxylic acids is 1. The van der Waals surface area contributed by atoms with Crippen molar-refractivity contribution in [1.82, 2.24) is 4.31 Å². The number of halogens is 1. The molecule has 1 saturated heterocycles. The molecule has 27 heavy (non-hydrogen) atoms. The number of hydrogen-bond acceptors (Lipinski definition) is 4. The second-order valence-corrected chi connectivity index (χ2v) is 8.30. The number of methoxy groups -OCH3 is 1. The molecule has 6 nitrogen and oxygen atoms in total. The summed E-state index contributed by atoms with van der Waals surface area (Å²) >= 11 is 0. The van der Waals surface area contributed by atoms with Gasteiger partial charge >= 0.3 is 0 Å². The van der Waals surface area contributed by atoms with Crippen molar-refractivity contribution in [3.63, 3.8) is 0 Å². The third-order valence-corrected chi connectivity index (χ3v) is 6.63. The topological polar surface area (TPSA) is 66.9 Å². The summed E-state index contributed by atoms with van der Waals surface area (Å²) in [5.74, 6) is -0.304. The first-order valence-corrected chi connectivity index (χ1v) is 9.93. The van der Waals surface area contributed by atoms with E-state index >= 15 is 0 Å². The van der Waals surface area contributed by atoms with Gasteiger partial charge in [0.05, 0.1) is 17.7 Å². The maximum Gasteiger partial charge on any atom is 0.245 e. The Morgan fingerprint density at radius 1 is 1.11 bits per heavy atom. The monoisotopic (exact) mass is 392 g/mol. The number of nitrogens with zero attached hydrogens (tertiary/aromatic N) is 2. The number of rotatable bonds is 4. The van der Waals surface area contributed by atoms with Crippen LogP contribution in [0, 0.1) is 12.7 Å². The Hall–Kier alpha value is -2.45. The van der Waals surface area contributed by atoms with Crippen molar-refractivity contribution in [2.24, 2.45) is 0 Å². The van der Waals surface area contributed by atoms with Crippen LogP contribution in [0.1, 0.15) is 12.5 Å². The first-order chi connectivity index (χ1) is 12.8.